The third-order valence-electron chi connectivity index (χ3n) is 2.08. The van der Waals surface area contributed by atoms with Gasteiger partial charge in [0.1, 0.15) is 0 Å². The van der Waals surface area contributed by atoms with Crippen LogP contribution in [0.1, 0.15) is 13.3 Å². The molecule has 0 radical (unpaired) electrons. The largest absolute Gasteiger partial charge is 0.308 e. The van der Waals surface area contributed by atoms with Crippen LogP contribution in [-0.4, -0.2) is 4.57 Å². The zero-order valence-corrected chi connectivity index (χ0v) is 9.36. The highest BCUT2D eigenvalue weighted by molar-refractivity contribution is 7.16. The van der Waals surface area contributed by atoms with Crippen LogP contribution in [0.2, 0.25) is 5.02 Å². The van der Waals surface area contributed by atoms with E-state index in [1.54, 1.807) is 4.57 Å². The van der Waals surface area contributed by atoms with Gasteiger partial charge < -0.3 is 0 Å². The van der Waals surface area contributed by atoms with Crippen LogP contribution >= 0.6 is 22.9 Å². The predicted molar refractivity (Wildman–Crippen MR) is 61.4 cm³/mol. The number of benzene rings is 1. The lowest BCUT2D eigenvalue weighted by Crippen LogP contribution is -2.11. The molecule has 0 fully saturated rings. The Morgan fingerprint density at radius 3 is 3.00 bits per heavy atom. The van der Waals surface area contributed by atoms with Crippen molar-refractivity contribution >= 4 is 33.2 Å². The Bertz CT molecular complexity index is 514. The highest BCUT2D eigenvalue weighted by Gasteiger charge is 2.06. The molecule has 1 heterocycles. The number of hydrogen-bond acceptors (Lipinski definition) is 2. The zero-order valence-electron chi connectivity index (χ0n) is 7.79. The molecule has 2 nitrogen and oxygen atoms in total. The molecule has 2 aromatic rings. The lowest BCUT2D eigenvalue weighted by molar-refractivity contribution is 0.690. The van der Waals surface area contributed by atoms with E-state index in [0.29, 0.717) is 5.02 Å². The third-order valence-corrected chi connectivity index (χ3v) is 3.25. The SMILES string of the molecule is CCCn1c(=O)sc2cc(Cl)ccc21. The normalized spacial score (nSPS) is 11.0. The maximum absolute atomic E-state index is 11.6. The highest BCUT2D eigenvalue weighted by atomic mass is 35.5. The first-order chi connectivity index (χ1) is 6.72. The Kier molecular flexibility index (Phi) is 2.61. The molecule has 0 aliphatic carbocycles. The summed E-state index contributed by atoms with van der Waals surface area (Å²) in [6.45, 7) is 2.84. The summed E-state index contributed by atoms with van der Waals surface area (Å²) in [5.41, 5.74) is 0.992. The zero-order chi connectivity index (χ0) is 10.1. The van der Waals surface area contributed by atoms with Crippen molar-refractivity contribution in [3.63, 3.8) is 0 Å². The second-order valence-electron chi connectivity index (χ2n) is 3.13. The van der Waals surface area contributed by atoms with Crippen molar-refractivity contribution in [2.24, 2.45) is 0 Å². The van der Waals surface area contributed by atoms with Gasteiger partial charge in [-0.15, -0.1) is 0 Å². The molecule has 0 atom stereocenters. The fourth-order valence-electron chi connectivity index (χ4n) is 1.48. The Morgan fingerprint density at radius 2 is 2.29 bits per heavy atom. The minimum atomic E-state index is 0.101. The Balaban J connectivity index is 2.71. The van der Waals surface area contributed by atoms with Crippen LogP contribution in [0.4, 0.5) is 0 Å². The number of thiazole rings is 1. The third kappa shape index (κ3) is 1.57. The molecule has 0 aliphatic heterocycles. The molecule has 0 saturated heterocycles. The van der Waals surface area contributed by atoms with Gasteiger partial charge in [0.2, 0.25) is 0 Å². The van der Waals surface area contributed by atoms with Gasteiger partial charge in [0, 0.05) is 11.6 Å². The molecule has 74 valence electrons. The minimum Gasteiger partial charge on any atom is -0.299 e. The van der Waals surface area contributed by atoms with Crippen LogP contribution in [0.3, 0.4) is 0 Å². The summed E-state index contributed by atoms with van der Waals surface area (Å²) >= 11 is 7.11. The van der Waals surface area contributed by atoms with Crippen molar-refractivity contribution in [3.8, 4) is 0 Å². The molecule has 14 heavy (non-hydrogen) atoms. The van der Waals surface area contributed by atoms with Crippen LogP contribution < -0.4 is 4.87 Å². The number of halogens is 1. The monoisotopic (exact) mass is 227 g/mol. The van der Waals surface area contributed by atoms with E-state index in [0.717, 1.165) is 23.2 Å². The first-order valence-electron chi connectivity index (χ1n) is 4.51. The van der Waals surface area contributed by atoms with E-state index in [1.165, 1.54) is 11.3 Å². The molecular weight excluding hydrogens is 218 g/mol. The maximum Gasteiger partial charge on any atom is 0.308 e. The van der Waals surface area contributed by atoms with E-state index in [4.69, 9.17) is 11.6 Å². The molecule has 0 aliphatic rings. The molecule has 0 bridgehead atoms. The summed E-state index contributed by atoms with van der Waals surface area (Å²) in [6.07, 6.45) is 0.967. The lowest BCUT2D eigenvalue weighted by Gasteiger charge is -1.99. The highest BCUT2D eigenvalue weighted by Crippen LogP contribution is 2.21. The van der Waals surface area contributed by atoms with E-state index in [9.17, 15) is 4.79 Å². The molecule has 2 rings (SSSR count). The minimum absolute atomic E-state index is 0.101. The van der Waals surface area contributed by atoms with Crippen molar-refractivity contribution in [2.75, 3.05) is 0 Å². The molecular formula is C10H10ClNOS. The molecule has 0 amide bonds. The Morgan fingerprint density at radius 1 is 1.50 bits per heavy atom. The van der Waals surface area contributed by atoms with Gasteiger partial charge in [-0.05, 0) is 24.6 Å². The summed E-state index contributed by atoms with van der Waals surface area (Å²) in [4.78, 5) is 11.7. The Hall–Kier alpha value is -0.800. The predicted octanol–water partition coefficient (Wildman–Crippen LogP) is 3.13. The standard InChI is InChI=1S/C10H10ClNOS/c1-2-5-12-8-4-3-7(11)6-9(8)14-10(12)13/h3-4,6H,2,5H2,1H3. The first kappa shape index (κ1) is 9.74. The smallest absolute Gasteiger partial charge is 0.299 e. The second kappa shape index (κ2) is 3.75. The van der Waals surface area contributed by atoms with Gasteiger partial charge in [-0.2, -0.15) is 0 Å². The molecule has 0 unspecified atom stereocenters. The molecule has 4 heteroatoms. The molecule has 0 saturated carbocycles. The second-order valence-corrected chi connectivity index (χ2v) is 4.56. The van der Waals surface area contributed by atoms with Crippen LogP contribution in [-0.2, 0) is 6.54 Å². The number of fused-ring (bicyclic) bond motifs is 1. The van der Waals surface area contributed by atoms with Crippen molar-refractivity contribution in [2.45, 2.75) is 19.9 Å². The van der Waals surface area contributed by atoms with Crippen LogP contribution in [0.5, 0.6) is 0 Å². The quantitative estimate of drug-likeness (QED) is 0.773. The van der Waals surface area contributed by atoms with Gasteiger partial charge in [-0.1, -0.05) is 29.9 Å². The summed E-state index contributed by atoms with van der Waals surface area (Å²) in [5, 5.41) is 0.683. The van der Waals surface area contributed by atoms with Crippen molar-refractivity contribution < 1.29 is 0 Å². The number of rotatable bonds is 2. The Labute approximate surface area is 90.7 Å². The van der Waals surface area contributed by atoms with E-state index < -0.39 is 0 Å². The van der Waals surface area contributed by atoms with Gasteiger partial charge >= 0.3 is 4.87 Å². The average Bonchev–Trinajstić information content (AvgIpc) is 2.43. The van der Waals surface area contributed by atoms with E-state index in [2.05, 4.69) is 6.92 Å². The summed E-state index contributed by atoms with van der Waals surface area (Å²) < 4.78 is 2.77. The average molecular weight is 228 g/mol. The van der Waals surface area contributed by atoms with Gasteiger partial charge in [-0.3, -0.25) is 9.36 Å². The van der Waals surface area contributed by atoms with E-state index in [-0.39, 0.29) is 4.87 Å². The van der Waals surface area contributed by atoms with Gasteiger partial charge in [0.05, 0.1) is 10.2 Å². The summed E-state index contributed by atoms with van der Waals surface area (Å²) in [5.74, 6) is 0. The van der Waals surface area contributed by atoms with Gasteiger partial charge in [0.15, 0.2) is 0 Å². The topological polar surface area (TPSA) is 22.0 Å². The van der Waals surface area contributed by atoms with E-state index >= 15 is 0 Å². The van der Waals surface area contributed by atoms with Crippen LogP contribution in [0, 0.1) is 0 Å². The first-order valence-corrected chi connectivity index (χ1v) is 5.70. The molecule has 1 aromatic carbocycles. The van der Waals surface area contributed by atoms with Gasteiger partial charge in [0.25, 0.3) is 0 Å². The summed E-state index contributed by atoms with van der Waals surface area (Å²) in [7, 11) is 0. The number of nitrogens with zero attached hydrogens (tertiary/aromatic N) is 1. The van der Waals surface area contributed by atoms with Crippen LogP contribution in [0.15, 0.2) is 23.0 Å². The summed E-state index contributed by atoms with van der Waals surface area (Å²) in [6, 6.07) is 5.57. The number of aromatic nitrogens is 1. The molecule has 1 aromatic heterocycles. The van der Waals surface area contributed by atoms with Crippen LogP contribution in [0.25, 0.3) is 10.2 Å². The van der Waals surface area contributed by atoms with Crippen molar-refractivity contribution in [1.29, 1.82) is 0 Å². The maximum atomic E-state index is 11.6. The fourth-order valence-corrected chi connectivity index (χ4v) is 2.67. The fraction of sp³-hybridized carbons (Fsp3) is 0.300. The van der Waals surface area contributed by atoms with E-state index in [1.807, 2.05) is 18.2 Å². The number of aryl methyl sites for hydroxylation is 1. The number of hydrogen-bond donors (Lipinski definition) is 0. The van der Waals surface area contributed by atoms with Crippen molar-refractivity contribution in [1.82, 2.24) is 4.57 Å². The van der Waals surface area contributed by atoms with Crippen molar-refractivity contribution in [3.05, 3.63) is 32.9 Å². The molecule has 0 spiro atoms. The molecule has 0 N–H and O–H groups in total. The van der Waals surface area contributed by atoms with Gasteiger partial charge in [-0.25, -0.2) is 0 Å². The lowest BCUT2D eigenvalue weighted by atomic mass is 10.3.